The van der Waals surface area contributed by atoms with Crippen molar-refractivity contribution in [3.8, 4) is 17.2 Å². The number of allylic oxidation sites excluding steroid dienone is 2. The molecule has 0 atom stereocenters. The van der Waals surface area contributed by atoms with Crippen molar-refractivity contribution in [2.45, 2.75) is 19.9 Å². The van der Waals surface area contributed by atoms with Crippen molar-refractivity contribution in [3.63, 3.8) is 0 Å². The van der Waals surface area contributed by atoms with Crippen LogP contribution in [0.15, 0.2) is 66.2 Å². The average molecular weight is 460 g/mol. The van der Waals surface area contributed by atoms with Crippen molar-refractivity contribution in [3.05, 3.63) is 94.3 Å². The maximum Gasteiger partial charge on any atom is 0.203 e. The van der Waals surface area contributed by atoms with Crippen molar-refractivity contribution >= 4 is 17.2 Å². The summed E-state index contributed by atoms with van der Waals surface area (Å²) >= 11 is 0. The van der Waals surface area contributed by atoms with Crippen molar-refractivity contribution in [2.75, 3.05) is 27.9 Å². The van der Waals surface area contributed by atoms with Crippen molar-refractivity contribution < 1.29 is 18.6 Å². The zero-order valence-corrected chi connectivity index (χ0v) is 20.1. The number of ether oxygens (including phenoxy) is 3. The lowest BCUT2D eigenvalue weighted by atomic mass is 10.00. The van der Waals surface area contributed by atoms with Gasteiger partial charge in [0, 0.05) is 6.54 Å². The fourth-order valence-corrected chi connectivity index (χ4v) is 4.47. The van der Waals surface area contributed by atoms with Crippen LogP contribution in [0.3, 0.4) is 0 Å². The largest absolute Gasteiger partial charge is 0.493 e. The molecule has 0 bridgehead atoms. The van der Waals surface area contributed by atoms with Gasteiger partial charge in [0.25, 0.3) is 0 Å². The van der Waals surface area contributed by atoms with E-state index in [9.17, 15) is 4.39 Å². The van der Waals surface area contributed by atoms with Gasteiger partial charge in [-0.1, -0.05) is 36.4 Å². The zero-order valence-electron chi connectivity index (χ0n) is 20.1. The summed E-state index contributed by atoms with van der Waals surface area (Å²) in [6, 6.07) is 19.2. The second kappa shape index (κ2) is 10.6. The quantitative estimate of drug-likeness (QED) is 0.378. The second-order valence-corrected chi connectivity index (χ2v) is 8.22. The lowest BCUT2D eigenvalue weighted by Gasteiger charge is -2.13. The Kier molecular flexibility index (Phi) is 7.33. The molecule has 0 aromatic heterocycles. The Labute approximate surface area is 200 Å². The van der Waals surface area contributed by atoms with E-state index in [0.717, 1.165) is 52.9 Å². The monoisotopic (exact) mass is 459 g/mol. The predicted octanol–water partition coefficient (Wildman–Crippen LogP) is 6.36. The molecule has 0 saturated heterocycles. The first-order valence-electron chi connectivity index (χ1n) is 11.3. The number of rotatable bonds is 9. The van der Waals surface area contributed by atoms with Gasteiger partial charge in [-0.15, -0.1) is 0 Å². The Hall–Kier alpha value is -3.57. The van der Waals surface area contributed by atoms with Crippen LogP contribution in [0.5, 0.6) is 17.2 Å². The number of fused-ring (bicyclic) bond motifs is 1. The van der Waals surface area contributed by atoms with Crippen molar-refractivity contribution in [2.24, 2.45) is 0 Å². The smallest absolute Gasteiger partial charge is 0.203 e. The van der Waals surface area contributed by atoms with E-state index in [0.29, 0.717) is 17.2 Å². The molecule has 0 heterocycles. The van der Waals surface area contributed by atoms with Gasteiger partial charge in [0.1, 0.15) is 5.82 Å². The standard InChI is InChI=1S/C29H30FNO3/c1-19-23(12-13-31-18-20-8-6-5-7-9-20)26-17-22(30)10-11-24(26)25(19)14-21-15-27(32-2)29(34-4)28(16-21)33-3/h5-11,14-17,31H,12-13,18H2,1-4H3/b25-14+. The molecule has 0 unspecified atom stereocenters. The minimum absolute atomic E-state index is 0.227. The molecule has 0 spiro atoms. The van der Waals surface area contributed by atoms with Crippen LogP contribution in [-0.4, -0.2) is 27.9 Å². The molecule has 3 aromatic rings. The van der Waals surface area contributed by atoms with Crippen LogP contribution in [-0.2, 0) is 6.54 Å². The summed E-state index contributed by atoms with van der Waals surface area (Å²) in [4.78, 5) is 0. The van der Waals surface area contributed by atoms with Crippen LogP contribution in [0.1, 0.15) is 35.6 Å². The highest BCUT2D eigenvalue weighted by atomic mass is 19.1. The van der Waals surface area contributed by atoms with Crippen LogP contribution in [0.2, 0.25) is 0 Å². The number of hydrogen-bond donors (Lipinski definition) is 1. The van der Waals surface area contributed by atoms with E-state index < -0.39 is 0 Å². The summed E-state index contributed by atoms with van der Waals surface area (Å²) in [7, 11) is 4.80. The molecular formula is C29H30FNO3. The van der Waals surface area contributed by atoms with E-state index in [2.05, 4.69) is 30.4 Å². The molecular weight excluding hydrogens is 429 g/mol. The van der Waals surface area contributed by atoms with Crippen LogP contribution < -0.4 is 19.5 Å². The number of hydrogen-bond acceptors (Lipinski definition) is 4. The van der Waals surface area contributed by atoms with Crippen molar-refractivity contribution in [1.29, 1.82) is 0 Å². The highest BCUT2D eigenvalue weighted by molar-refractivity contribution is 6.05. The van der Waals surface area contributed by atoms with Gasteiger partial charge in [0.2, 0.25) is 5.75 Å². The maximum atomic E-state index is 14.2. The third kappa shape index (κ3) is 4.85. The highest BCUT2D eigenvalue weighted by Crippen LogP contribution is 2.45. The Morgan fingerprint density at radius 3 is 2.21 bits per heavy atom. The molecule has 0 fully saturated rings. The average Bonchev–Trinajstić information content (AvgIpc) is 3.11. The summed E-state index contributed by atoms with van der Waals surface area (Å²) in [5.74, 6) is 1.52. The normalized spacial score (nSPS) is 13.9. The van der Waals surface area contributed by atoms with E-state index in [1.165, 1.54) is 11.6 Å². The summed E-state index contributed by atoms with van der Waals surface area (Å²) in [6.07, 6.45) is 2.91. The number of benzene rings is 3. The van der Waals surface area contributed by atoms with Gasteiger partial charge < -0.3 is 19.5 Å². The Morgan fingerprint density at radius 2 is 1.56 bits per heavy atom. The van der Waals surface area contributed by atoms with E-state index in [4.69, 9.17) is 14.2 Å². The first kappa shape index (κ1) is 23.6. The molecule has 0 radical (unpaired) electrons. The van der Waals surface area contributed by atoms with Gasteiger partial charge in [-0.25, -0.2) is 4.39 Å². The van der Waals surface area contributed by atoms with E-state index in [-0.39, 0.29) is 5.82 Å². The first-order valence-corrected chi connectivity index (χ1v) is 11.3. The summed E-state index contributed by atoms with van der Waals surface area (Å²) in [5, 5.41) is 3.51. The number of methoxy groups -OCH3 is 3. The van der Waals surface area contributed by atoms with Gasteiger partial charge >= 0.3 is 0 Å². The van der Waals surface area contributed by atoms with Gasteiger partial charge in [0.05, 0.1) is 21.3 Å². The van der Waals surface area contributed by atoms with Crippen LogP contribution in [0.25, 0.3) is 17.2 Å². The van der Waals surface area contributed by atoms with Gasteiger partial charge in [0.15, 0.2) is 11.5 Å². The topological polar surface area (TPSA) is 39.7 Å². The van der Waals surface area contributed by atoms with E-state index in [1.807, 2.05) is 36.4 Å². The molecule has 0 aliphatic heterocycles. The molecule has 0 amide bonds. The lowest BCUT2D eigenvalue weighted by Crippen LogP contribution is -2.15. The summed E-state index contributed by atoms with van der Waals surface area (Å²) in [5.41, 5.74) is 7.53. The third-order valence-electron chi connectivity index (χ3n) is 6.18. The molecule has 1 aliphatic rings. The Balaban J connectivity index is 1.65. The molecule has 3 aromatic carbocycles. The SMILES string of the molecule is COc1cc(/C=C2\C(C)=C(CCNCc3ccccc3)c3cc(F)ccc32)cc(OC)c1OC. The Bertz CT molecular complexity index is 1210. The molecule has 0 saturated carbocycles. The van der Waals surface area contributed by atoms with Crippen LogP contribution in [0, 0.1) is 5.82 Å². The van der Waals surface area contributed by atoms with E-state index in [1.54, 1.807) is 27.4 Å². The highest BCUT2D eigenvalue weighted by Gasteiger charge is 2.24. The van der Waals surface area contributed by atoms with Gasteiger partial charge in [-0.2, -0.15) is 0 Å². The Morgan fingerprint density at radius 1 is 0.853 bits per heavy atom. The first-order chi connectivity index (χ1) is 16.5. The van der Waals surface area contributed by atoms with E-state index >= 15 is 0 Å². The van der Waals surface area contributed by atoms with Crippen molar-refractivity contribution in [1.82, 2.24) is 5.32 Å². The minimum atomic E-state index is -0.227. The molecule has 34 heavy (non-hydrogen) atoms. The van der Waals surface area contributed by atoms with Crippen LogP contribution >= 0.6 is 0 Å². The summed E-state index contributed by atoms with van der Waals surface area (Å²) in [6.45, 7) is 3.71. The maximum absolute atomic E-state index is 14.2. The van der Waals surface area contributed by atoms with Gasteiger partial charge in [-0.3, -0.25) is 0 Å². The molecule has 1 N–H and O–H groups in total. The molecule has 5 heteroatoms. The number of halogens is 1. The fraction of sp³-hybridized carbons (Fsp3) is 0.241. The summed E-state index contributed by atoms with van der Waals surface area (Å²) < 4.78 is 30.7. The molecule has 1 aliphatic carbocycles. The molecule has 176 valence electrons. The number of nitrogens with one attached hydrogen (secondary N) is 1. The second-order valence-electron chi connectivity index (χ2n) is 8.22. The lowest BCUT2D eigenvalue weighted by molar-refractivity contribution is 0.324. The van der Waals surface area contributed by atoms with Crippen LogP contribution in [0.4, 0.5) is 4.39 Å². The predicted molar refractivity (Wildman–Crippen MR) is 136 cm³/mol. The van der Waals surface area contributed by atoms with Gasteiger partial charge in [-0.05, 0) is 89.2 Å². The third-order valence-corrected chi connectivity index (χ3v) is 6.18. The molecule has 4 nitrogen and oxygen atoms in total. The zero-order chi connectivity index (χ0) is 24.1. The fourth-order valence-electron chi connectivity index (χ4n) is 4.47. The minimum Gasteiger partial charge on any atom is -0.493 e. The molecule has 4 rings (SSSR count).